The van der Waals surface area contributed by atoms with E-state index >= 15 is 0 Å². The van der Waals surface area contributed by atoms with Gasteiger partial charge in [-0.25, -0.2) is 8.42 Å². The molecule has 0 spiro atoms. The van der Waals surface area contributed by atoms with Crippen LogP contribution in [0.25, 0.3) is 0 Å². The highest BCUT2D eigenvalue weighted by Gasteiger charge is 2.24. The third-order valence-corrected chi connectivity index (χ3v) is 5.90. The van der Waals surface area contributed by atoms with Crippen LogP contribution in [0.2, 0.25) is 0 Å². The zero-order valence-electron chi connectivity index (χ0n) is 16.8. The van der Waals surface area contributed by atoms with Crippen molar-refractivity contribution in [2.75, 3.05) is 17.1 Å². The molecule has 0 radical (unpaired) electrons. The lowest BCUT2D eigenvalue weighted by atomic mass is 10.0. The molecule has 2 aromatic rings. The Morgan fingerprint density at radius 1 is 1.00 bits per heavy atom. The van der Waals surface area contributed by atoms with Crippen molar-refractivity contribution in [1.82, 2.24) is 5.32 Å². The molecule has 5 nitrogen and oxygen atoms in total. The third-order valence-electron chi connectivity index (χ3n) is 4.78. The Morgan fingerprint density at radius 3 is 2.11 bits per heavy atom. The normalized spacial score (nSPS) is 12.5. The minimum atomic E-state index is -3.60. The summed E-state index contributed by atoms with van der Waals surface area (Å²) in [6.07, 6.45) is 1.12. The van der Waals surface area contributed by atoms with Gasteiger partial charge >= 0.3 is 0 Å². The number of anilines is 1. The van der Waals surface area contributed by atoms with E-state index in [0.29, 0.717) is 5.69 Å². The minimum Gasteiger partial charge on any atom is -0.348 e. The highest BCUT2D eigenvalue weighted by molar-refractivity contribution is 7.92. The minimum absolute atomic E-state index is 0.212. The Bertz CT molecular complexity index is 932. The maximum absolute atomic E-state index is 12.6. The van der Waals surface area contributed by atoms with Gasteiger partial charge in [0.05, 0.1) is 18.0 Å². The van der Waals surface area contributed by atoms with Gasteiger partial charge in [0.2, 0.25) is 15.9 Å². The SMILES string of the molecule is Cc1ccc(C(C)NC(=O)CN(c2c(C)cccc2C)S(C)(=O)=O)cc1C. The number of para-hydroxylation sites is 1. The third kappa shape index (κ3) is 5.10. The van der Waals surface area contributed by atoms with Crippen LogP contribution >= 0.6 is 0 Å². The molecule has 1 amide bonds. The van der Waals surface area contributed by atoms with E-state index in [-0.39, 0.29) is 18.5 Å². The fraction of sp³-hybridized carbons (Fsp3) is 0.381. The Labute approximate surface area is 162 Å². The monoisotopic (exact) mass is 388 g/mol. The molecule has 1 unspecified atom stereocenters. The molecule has 0 fully saturated rings. The highest BCUT2D eigenvalue weighted by atomic mass is 32.2. The van der Waals surface area contributed by atoms with Crippen molar-refractivity contribution in [2.24, 2.45) is 0 Å². The first-order chi connectivity index (χ1) is 12.5. The Balaban J connectivity index is 2.23. The number of sulfonamides is 1. The second-order valence-electron chi connectivity index (χ2n) is 7.14. The molecular weight excluding hydrogens is 360 g/mol. The van der Waals surface area contributed by atoms with Crippen molar-refractivity contribution in [3.8, 4) is 0 Å². The lowest BCUT2D eigenvalue weighted by Crippen LogP contribution is -2.41. The fourth-order valence-corrected chi connectivity index (χ4v) is 4.07. The van der Waals surface area contributed by atoms with Crippen molar-refractivity contribution in [3.63, 3.8) is 0 Å². The molecule has 0 aliphatic carbocycles. The molecule has 0 saturated carbocycles. The van der Waals surface area contributed by atoms with Gasteiger partial charge < -0.3 is 5.32 Å². The first-order valence-corrected chi connectivity index (χ1v) is 10.8. The zero-order chi connectivity index (χ0) is 20.4. The molecular formula is C21H28N2O3S. The largest absolute Gasteiger partial charge is 0.348 e. The van der Waals surface area contributed by atoms with Crippen LogP contribution in [0.4, 0.5) is 5.69 Å². The predicted molar refractivity (Wildman–Crippen MR) is 111 cm³/mol. The zero-order valence-corrected chi connectivity index (χ0v) is 17.6. The molecule has 0 bridgehead atoms. The van der Waals surface area contributed by atoms with Crippen LogP contribution in [0.3, 0.4) is 0 Å². The average Bonchev–Trinajstić information content (AvgIpc) is 2.55. The number of benzene rings is 2. The van der Waals surface area contributed by atoms with Crippen molar-refractivity contribution in [1.29, 1.82) is 0 Å². The van der Waals surface area contributed by atoms with Crippen molar-refractivity contribution < 1.29 is 13.2 Å². The topological polar surface area (TPSA) is 66.5 Å². The summed E-state index contributed by atoms with van der Waals surface area (Å²) in [5.74, 6) is -0.339. The van der Waals surface area contributed by atoms with E-state index in [1.54, 1.807) is 0 Å². The van der Waals surface area contributed by atoms with Crippen molar-refractivity contribution >= 4 is 21.6 Å². The van der Waals surface area contributed by atoms with Gasteiger partial charge in [-0.15, -0.1) is 0 Å². The van der Waals surface area contributed by atoms with Crippen LogP contribution in [0.15, 0.2) is 36.4 Å². The van der Waals surface area contributed by atoms with E-state index in [4.69, 9.17) is 0 Å². The number of aryl methyl sites for hydroxylation is 4. The highest BCUT2D eigenvalue weighted by Crippen LogP contribution is 2.26. The van der Waals surface area contributed by atoms with Gasteiger partial charge in [0.15, 0.2) is 0 Å². The quantitative estimate of drug-likeness (QED) is 0.823. The van der Waals surface area contributed by atoms with E-state index < -0.39 is 10.0 Å². The van der Waals surface area contributed by atoms with E-state index in [9.17, 15) is 13.2 Å². The number of hydrogen-bond acceptors (Lipinski definition) is 3. The summed E-state index contributed by atoms with van der Waals surface area (Å²) in [7, 11) is -3.60. The number of rotatable bonds is 6. The van der Waals surface area contributed by atoms with Crippen molar-refractivity contribution in [2.45, 2.75) is 40.7 Å². The van der Waals surface area contributed by atoms with E-state index in [1.807, 2.05) is 71.0 Å². The summed E-state index contributed by atoms with van der Waals surface area (Å²) in [4.78, 5) is 12.6. The van der Waals surface area contributed by atoms with Crippen molar-refractivity contribution in [3.05, 3.63) is 64.2 Å². The van der Waals surface area contributed by atoms with Gasteiger partial charge in [0.25, 0.3) is 0 Å². The number of carbonyl (C=O) groups excluding carboxylic acids is 1. The molecule has 2 rings (SSSR count). The van der Waals surface area contributed by atoms with Crippen LogP contribution in [-0.2, 0) is 14.8 Å². The molecule has 27 heavy (non-hydrogen) atoms. The summed E-state index contributed by atoms with van der Waals surface area (Å²) in [5, 5.41) is 2.91. The first-order valence-electron chi connectivity index (χ1n) is 8.91. The van der Waals surface area contributed by atoms with Gasteiger partial charge in [0.1, 0.15) is 6.54 Å². The van der Waals surface area contributed by atoms with Gasteiger partial charge in [0, 0.05) is 0 Å². The average molecular weight is 389 g/mol. The number of carbonyl (C=O) groups is 1. The summed E-state index contributed by atoms with van der Waals surface area (Å²) in [6.45, 7) is 9.40. The predicted octanol–water partition coefficient (Wildman–Crippen LogP) is 3.56. The number of amides is 1. The Kier molecular flexibility index (Phi) is 6.31. The molecule has 2 aromatic carbocycles. The van der Waals surface area contributed by atoms with Crippen LogP contribution in [0, 0.1) is 27.7 Å². The van der Waals surface area contributed by atoms with E-state index in [2.05, 4.69) is 5.32 Å². The Hall–Kier alpha value is -2.34. The lowest BCUT2D eigenvalue weighted by molar-refractivity contribution is -0.120. The van der Waals surface area contributed by atoms with E-state index in [1.165, 1.54) is 9.87 Å². The van der Waals surface area contributed by atoms with Gasteiger partial charge in [-0.05, 0) is 62.4 Å². The molecule has 0 saturated heterocycles. The van der Waals surface area contributed by atoms with Gasteiger partial charge in [-0.1, -0.05) is 36.4 Å². The van der Waals surface area contributed by atoms with Crippen LogP contribution < -0.4 is 9.62 Å². The molecule has 1 atom stereocenters. The standard InChI is InChI=1S/C21H28N2O3S/c1-14-10-11-19(12-17(14)4)18(5)22-20(24)13-23(27(6,25)26)21-15(2)8-7-9-16(21)3/h7-12,18H,13H2,1-6H3,(H,22,24). The maximum Gasteiger partial charge on any atom is 0.241 e. The fourth-order valence-electron chi connectivity index (χ4n) is 3.10. The summed E-state index contributed by atoms with van der Waals surface area (Å²) in [5.41, 5.74) is 5.53. The van der Waals surface area contributed by atoms with Crippen LogP contribution in [0.5, 0.6) is 0 Å². The van der Waals surface area contributed by atoms with Gasteiger partial charge in [-0.2, -0.15) is 0 Å². The molecule has 0 aliphatic heterocycles. The number of nitrogens with zero attached hydrogens (tertiary/aromatic N) is 1. The van der Waals surface area contributed by atoms with E-state index in [0.717, 1.165) is 28.5 Å². The molecule has 0 aliphatic rings. The summed E-state index contributed by atoms with van der Waals surface area (Å²) < 4.78 is 25.9. The van der Waals surface area contributed by atoms with Crippen LogP contribution in [-0.4, -0.2) is 27.1 Å². The molecule has 6 heteroatoms. The smallest absolute Gasteiger partial charge is 0.241 e. The van der Waals surface area contributed by atoms with Crippen LogP contribution in [0.1, 0.15) is 40.8 Å². The van der Waals surface area contributed by atoms with Gasteiger partial charge in [-0.3, -0.25) is 9.10 Å². The summed E-state index contributed by atoms with van der Waals surface area (Å²) >= 11 is 0. The Morgan fingerprint density at radius 2 is 1.59 bits per heavy atom. The second kappa shape index (κ2) is 8.13. The number of nitrogens with one attached hydrogen (secondary N) is 1. The maximum atomic E-state index is 12.6. The molecule has 0 heterocycles. The second-order valence-corrected chi connectivity index (χ2v) is 9.05. The molecule has 146 valence electrons. The lowest BCUT2D eigenvalue weighted by Gasteiger charge is -2.26. The molecule has 1 N–H and O–H groups in total. The summed E-state index contributed by atoms with van der Waals surface area (Å²) in [6, 6.07) is 11.4. The number of hydrogen-bond donors (Lipinski definition) is 1. The first kappa shape index (κ1) is 21.0. The molecule has 0 aromatic heterocycles.